The van der Waals surface area contributed by atoms with E-state index in [1.54, 1.807) is 6.92 Å². The third-order valence-electron chi connectivity index (χ3n) is 2.72. The summed E-state index contributed by atoms with van der Waals surface area (Å²) < 4.78 is 9.91. The van der Waals surface area contributed by atoms with Crippen molar-refractivity contribution in [3.8, 4) is 0 Å². The van der Waals surface area contributed by atoms with Crippen molar-refractivity contribution in [3.05, 3.63) is 0 Å². The lowest BCUT2D eigenvalue weighted by Crippen LogP contribution is -2.41. The fraction of sp³-hybridized carbons (Fsp3) is 0.857. The molecule has 1 unspecified atom stereocenters. The van der Waals surface area contributed by atoms with E-state index in [2.05, 4.69) is 0 Å². The molecule has 0 aromatic carbocycles. The summed E-state index contributed by atoms with van der Waals surface area (Å²) in [6, 6.07) is -0.771. The molecule has 0 aromatic rings. The second kappa shape index (κ2) is 2.23. The highest BCUT2D eigenvalue weighted by Gasteiger charge is 2.61. The Morgan fingerprint density at radius 2 is 2.42 bits per heavy atom. The molecule has 4 atom stereocenters. The minimum Gasteiger partial charge on any atom is -0.462 e. The van der Waals surface area contributed by atoms with Crippen molar-refractivity contribution in [2.75, 3.05) is 6.61 Å². The van der Waals surface area contributed by atoms with E-state index in [1.165, 1.54) is 0 Å². The Bertz CT molecular complexity index is 227. The molecule has 2 aliphatic heterocycles. The summed E-state index contributed by atoms with van der Waals surface area (Å²) in [5, 5.41) is 9.55. The van der Waals surface area contributed by atoms with Crippen molar-refractivity contribution >= 4 is 13.8 Å². The molecule has 2 fully saturated rings. The van der Waals surface area contributed by atoms with Gasteiger partial charge >= 0.3 is 5.97 Å². The average molecular weight is 168 g/mol. The van der Waals surface area contributed by atoms with Crippen molar-refractivity contribution < 1.29 is 19.4 Å². The molecule has 0 amide bonds. The van der Waals surface area contributed by atoms with Gasteiger partial charge in [-0.25, -0.2) is 0 Å². The number of hydrogen-bond acceptors (Lipinski definition) is 4. The quantitative estimate of drug-likeness (QED) is 0.364. The summed E-state index contributed by atoms with van der Waals surface area (Å²) >= 11 is 0. The van der Waals surface area contributed by atoms with Crippen LogP contribution < -0.4 is 0 Å². The molecule has 12 heavy (non-hydrogen) atoms. The molecule has 2 radical (unpaired) electrons. The largest absolute Gasteiger partial charge is 0.462 e. The van der Waals surface area contributed by atoms with Gasteiger partial charge in [0.15, 0.2) is 0 Å². The summed E-state index contributed by atoms with van der Waals surface area (Å²) in [5.74, 6) is -0.423. The van der Waals surface area contributed by atoms with Gasteiger partial charge in [-0.15, -0.1) is 0 Å². The summed E-state index contributed by atoms with van der Waals surface area (Å²) in [6.07, 6.45) is -1.35. The van der Waals surface area contributed by atoms with E-state index in [9.17, 15) is 9.90 Å². The third kappa shape index (κ3) is 0.729. The number of carbonyl (C=O) groups excluding carboxylic acids is 1. The van der Waals surface area contributed by atoms with Crippen LogP contribution in [0.5, 0.6) is 0 Å². The number of cyclic esters (lactones) is 1. The second-order valence-electron chi connectivity index (χ2n) is 3.42. The van der Waals surface area contributed by atoms with Gasteiger partial charge in [0.2, 0.25) is 0 Å². The lowest BCUT2D eigenvalue weighted by Gasteiger charge is -2.21. The first-order valence-electron chi connectivity index (χ1n) is 3.83. The van der Waals surface area contributed by atoms with E-state index < -0.39 is 29.6 Å². The summed E-state index contributed by atoms with van der Waals surface area (Å²) in [4.78, 5) is 11.2. The number of fused-ring (bicyclic) bond motifs is 1. The maximum atomic E-state index is 11.2. The summed E-state index contributed by atoms with van der Waals surface area (Å²) in [6.45, 7) is 1.81. The third-order valence-corrected chi connectivity index (χ3v) is 2.72. The van der Waals surface area contributed by atoms with Gasteiger partial charge in [0.25, 0.3) is 0 Å². The van der Waals surface area contributed by atoms with Crippen molar-refractivity contribution in [1.82, 2.24) is 0 Å². The molecule has 0 aromatic heterocycles. The number of ether oxygens (including phenoxy) is 2. The van der Waals surface area contributed by atoms with Gasteiger partial charge in [-0.2, -0.15) is 0 Å². The molecule has 5 heteroatoms. The van der Waals surface area contributed by atoms with Crippen LogP contribution in [0.4, 0.5) is 0 Å². The number of esters is 1. The van der Waals surface area contributed by atoms with Crippen LogP contribution >= 0.6 is 0 Å². The number of rotatable bonds is 0. The van der Waals surface area contributed by atoms with E-state index in [4.69, 9.17) is 17.3 Å². The Hall–Kier alpha value is -0.545. The first kappa shape index (κ1) is 8.07. The molecular weight excluding hydrogens is 159 g/mol. The van der Waals surface area contributed by atoms with Gasteiger partial charge in [-0.3, -0.25) is 4.79 Å². The van der Waals surface area contributed by atoms with Crippen molar-refractivity contribution in [2.45, 2.75) is 25.1 Å². The SMILES string of the molecule is [B][C@@H]1OC2COC(=O)[C@]2(C)[C@H]1O. The number of aliphatic hydroxyl groups excluding tert-OH is 1. The molecular formula is C7H9BO4. The Labute approximate surface area is 71.3 Å². The van der Waals surface area contributed by atoms with Crippen LogP contribution in [0.15, 0.2) is 0 Å². The van der Waals surface area contributed by atoms with Gasteiger partial charge in [0.05, 0.1) is 6.10 Å². The van der Waals surface area contributed by atoms with Gasteiger partial charge in [-0.1, -0.05) is 0 Å². The van der Waals surface area contributed by atoms with Crippen molar-refractivity contribution in [1.29, 1.82) is 0 Å². The molecule has 0 saturated carbocycles. The van der Waals surface area contributed by atoms with Crippen LogP contribution in [0.25, 0.3) is 0 Å². The van der Waals surface area contributed by atoms with Crippen LogP contribution in [-0.2, 0) is 14.3 Å². The maximum absolute atomic E-state index is 11.2. The Morgan fingerprint density at radius 1 is 1.75 bits per heavy atom. The Morgan fingerprint density at radius 3 is 3.00 bits per heavy atom. The summed E-state index contributed by atoms with van der Waals surface area (Å²) in [5.41, 5.74) is -0.959. The van der Waals surface area contributed by atoms with Crippen molar-refractivity contribution in [2.24, 2.45) is 5.41 Å². The lowest BCUT2D eigenvalue weighted by atomic mass is 9.77. The number of aliphatic hydroxyl groups is 1. The van der Waals surface area contributed by atoms with Gasteiger partial charge in [0, 0.05) is 6.00 Å². The number of hydrogen-bond donors (Lipinski definition) is 1. The second-order valence-corrected chi connectivity index (χ2v) is 3.42. The highest BCUT2D eigenvalue weighted by molar-refractivity contribution is 6.12. The highest BCUT2D eigenvalue weighted by atomic mass is 16.6. The smallest absolute Gasteiger partial charge is 0.317 e. The zero-order valence-electron chi connectivity index (χ0n) is 6.69. The molecule has 4 nitrogen and oxygen atoms in total. The molecule has 2 aliphatic rings. The van der Waals surface area contributed by atoms with Crippen LogP contribution in [-0.4, -0.2) is 43.7 Å². The Balaban J connectivity index is 2.34. The minimum absolute atomic E-state index is 0.195. The van der Waals surface area contributed by atoms with Crippen LogP contribution in [0, 0.1) is 5.41 Å². The lowest BCUT2D eigenvalue weighted by molar-refractivity contribution is -0.149. The normalized spacial score (nSPS) is 52.2. The fourth-order valence-corrected chi connectivity index (χ4v) is 1.71. The van der Waals surface area contributed by atoms with Crippen LogP contribution in [0.1, 0.15) is 6.92 Å². The minimum atomic E-state index is -0.961. The standard InChI is InChI=1S/C7H9BO4/c1-7-3(2-11-6(7)10)12-5(8)4(7)9/h3-5,9H,2H2,1H3/t3?,4-,5+,7-/m0/s1. The molecule has 2 rings (SSSR count). The zero-order chi connectivity index (χ0) is 8.93. The van der Waals surface area contributed by atoms with Crippen molar-refractivity contribution in [3.63, 3.8) is 0 Å². The van der Waals surface area contributed by atoms with Gasteiger partial charge < -0.3 is 14.6 Å². The van der Waals surface area contributed by atoms with E-state index >= 15 is 0 Å². The van der Waals surface area contributed by atoms with Crippen LogP contribution in [0.3, 0.4) is 0 Å². The molecule has 1 N–H and O–H groups in total. The Kier molecular flexibility index (Phi) is 1.50. The average Bonchev–Trinajstić information content (AvgIpc) is 2.41. The highest BCUT2D eigenvalue weighted by Crippen LogP contribution is 2.42. The maximum Gasteiger partial charge on any atom is 0.317 e. The van der Waals surface area contributed by atoms with E-state index in [0.29, 0.717) is 0 Å². The van der Waals surface area contributed by atoms with Gasteiger partial charge in [0.1, 0.15) is 26.0 Å². The predicted molar refractivity (Wildman–Crippen MR) is 39.5 cm³/mol. The topological polar surface area (TPSA) is 55.8 Å². The van der Waals surface area contributed by atoms with E-state index in [1.807, 2.05) is 0 Å². The van der Waals surface area contributed by atoms with Gasteiger partial charge in [-0.05, 0) is 6.92 Å². The fourth-order valence-electron chi connectivity index (χ4n) is 1.71. The predicted octanol–water partition coefficient (Wildman–Crippen LogP) is -1.20. The molecule has 2 saturated heterocycles. The molecule has 0 spiro atoms. The molecule has 0 aliphatic carbocycles. The monoisotopic (exact) mass is 168 g/mol. The first-order valence-corrected chi connectivity index (χ1v) is 3.83. The number of carbonyl (C=O) groups is 1. The molecule has 2 heterocycles. The van der Waals surface area contributed by atoms with E-state index in [-0.39, 0.29) is 6.61 Å². The molecule has 0 bridgehead atoms. The first-order chi connectivity index (χ1) is 5.56. The molecule has 64 valence electrons. The summed E-state index contributed by atoms with van der Waals surface area (Å²) in [7, 11) is 5.44. The zero-order valence-corrected chi connectivity index (χ0v) is 6.69. The van der Waals surface area contributed by atoms with E-state index in [0.717, 1.165) is 0 Å². The van der Waals surface area contributed by atoms with Crippen LogP contribution in [0.2, 0.25) is 0 Å².